The Morgan fingerprint density at radius 3 is 2.33 bits per heavy atom. The fourth-order valence-corrected chi connectivity index (χ4v) is 2.41. The smallest absolute Gasteiger partial charge is 0.122 e. The molecular weight excluding hydrogens is 226 g/mol. The predicted molar refractivity (Wildman–Crippen MR) is 73.4 cm³/mol. The van der Waals surface area contributed by atoms with E-state index in [1.54, 1.807) is 4.68 Å². The molecule has 0 atom stereocenters. The number of nitrogens with two attached hydrogens (primary N) is 1. The normalized spacial score (nSPS) is 10.9. The van der Waals surface area contributed by atoms with Crippen LogP contribution in [-0.4, -0.2) is 21.5 Å². The second-order valence-electron chi connectivity index (χ2n) is 4.67. The third-order valence-corrected chi connectivity index (χ3v) is 3.06. The van der Waals surface area contributed by atoms with E-state index in [1.807, 2.05) is 6.07 Å². The van der Waals surface area contributed by atoms with Gasteiger partial charge in [-0.05, 0) is 31.9 Å². The van der Waals surface area contributed by atoms with Gasteiger partial charge in [0.25, 0.3) is 0 Å². The highest BCUT2D eigenvalue weighted by Crippen LogP contribution is 2.28. The van der Waals surface area contributed by atoms with Crippen molar-refractivity contribution < 1.29 is 5.11 Å². The third-order valence-electron chi connectivity index (χ3n) is 3.06. The lowest BCUT2D eigenvalue weighted by Crippen LogP contribution is -2.07. The third kappa shape index (κ3) is 2.24. The number of aliphatic hydroxyl groups is 1. The predicted octanol–water partition coefficient (Wildman–Crippen LogP) is 2.05. The summed E-state index contributed by atoms with van der Waals surface area (Å²) in [6.45, 7) is 6.71. The molecule has 3 N–H and O–H groups in total. The molecule has 2 aromatic rings. The number of benzene rings is 1. The lowest BCUT2D eigenvalue weighted by molar-refractivity contribution is 0.270. The summed E-state index contributed by atoms with van der Waals surface area (Å²) in [5.74, 6) is 0.582. The Labute approximate surface area is 107 Å². The lowest BCUT2D eigenvalue weighted by Gasteiger charge is -2.08. The number of rotatable bonds is 3. The first-order valence-corrected chi connectivity index (χ1v) is 6.05. The molecule has 0 bridgehead atoms. The van der Waals surface area contributed by atoms with Gasteiger partial charge in [0, 0.05) is 11.6 Å². The zero-order chi connectivity index (χ0) is 13.3. The van der Waals surface area contributed by atoms with E-state index < -0.39 is 0 Å². The molecule has 1 aromatic heterocycles. The molecule has 0 aliphatic rings. The van der Waals surface area contributed by atoms with Gasteiger partial charge in [-0.2, -0.15) is 5.10 Å². The van der Waals surface area contributed by atoms with Crippen molar-refractivity contribution >= 4 is 5.82 Å². The van der Waals surface area contributed by atoms with Gasteiger partial charge in [0.1, 0.15) is 5.82 Å². The quantitative estimate of drug-likeness (QED) is 0.870. The summed E-state index contributed by atoms with van der Waals surface area (Å²) in [6.07, 6.45) is 0. The summed E-state index contributed by atoms with van der Waals surface area (Å²) in [5, 5.41) is 13.4. The van der Waals surface area contributed by atoms with Crippen LogP contribution in [-0.2, 0) is 6.54 Å². The van der Waals surface area contributed by atoms with Crippen LogP contribution >= 0.6 is 0 Å². The van der Waals surface area contributed by atoms with Gasteiger partial charge in [0.15, 0.2) is 0 Å². The Morgan fingerprint density at radius 2 is 1.78 bits per heavy atom. The van der Waals surface area contributed by atoms with Crippen molar-refractivity contribution in [2.45, 2.75) is 27.3 Å². The number of aromatic nitrogens is 2. The van der Waals surface area contributed by atoms with Crippen molar-refractivity contribution in [2.75, 3.05) is 12.3 Å². The first kappa shape index (κ1) is 12.6. The van der Waals surface area contributed by atoms with E-state index in [0.717, 1.165) is 11.3 Å². The molecular formula is C14H19N3O. The molecule has 0 radical (unpaired) electrons. The summed E-state index contributed by atoms with van der Waals surface area (Å²) in [6, 6.07) is 6.15. The maximum absolute atomic E-state index is 8.95. The summed E-state index contributed by atoms with van der Waals surface area (Å²) in [4.78, 5) is 0. The molecule has 0 amide bonds. The fourth-order valence-electron chi connectivity index (χ4n) is 2.41. The van der Waals surface area contributed by atoms with Gasteiger partial charge >= 0.3 is 0 Å². The summed E-state index contributed by atoms with van der Waals surface area (Å²) < 4.78 is 1.63. The summed E-state index contributed by atoms with van der Waals surface area (Å²) in [5.41, 5.74) is 11.5. The van der Waals surface area contributed by atoms with E-state index in [0.29, 0.717) is 12.4 Å². The molecule has 0 unspecified atom stereocenters. The molecule has 0 fully saturated rings. The molecule has 0 aliphatic carbocycles. The monoisotopic (exact) mass is 245 g/mol. The van der Waals surface area contributed by atoms with Crippen molar-refractivity contribution in [1.82, 2.24) is 9.78 Å². The largest absolute Gasteiger partial charge is 0.394 e. The SMILES string of the molecule is Cc1cc(C)c(-c2cc(N)n(CCO)n2)c(C)c1. The van der Waals surface area contributed by atoms with Crippen LogP contribution in [0.25, 0.3) is 11.3 Å². The van der Waals surface area contributed by atoms with Gasteiger partial charge in [-0.25, -0.2) is 4.68 Å². The molecule has 18 heavy (non-hydrogen) atoms. The van der Waals surface area contributed by atoms with Gasteiger partial charge in [0.2, 0.25) is 0 Å². The maximum Gasteiger partial charge on any atom is 0.122 e. The van der Waals surface area contributed by atoms with Crippen LogP contribution in [0.15, 0.2) is 18.2 Å². The topological polar surface area (TPSA) is 64.1 Å². The molecule has 1 heterocycles. The highest BCUT2D eigenvalue weighted by molar-refractivity contribution is 5.70. The van der Waals surface area contributed by atoms with Crippen molar-refractivity contribution in [3.05, 3.63) is 34.9 Å². The molecule has 2 rings (SSSR count). The Bertz CT molecular complexity index is 549. The minimum atomic E-state index is 0.0389. The maximum atomic E-state index is 8.95. The number of aryl methyl sites for hydroxylation is 3. The van der Waals surface area contributed by atoms with E-state index in [9.17, 15) is 0 Å². The first-order valence-electron chi connectivity index (χ1n) is 6.05. The molecule has 0 saturated carbocycles. The summed E-state index contributed by atoms with van der Waals surface area (Å²) >= 11 is 0. The summed E-state index contributed by atoms with van der Waals surface area (Å²) in [7, 11) is 0. The van der Waals surface area contributed by atoms with Crippen LogP contribution in [0.4, 0.5) is 5.82 Å². The Balaban J connectivity index is 2.52. The van der Waals surface area contributed by atoms with Crippen molar-refractivity contribution in [3.63, 3.8) is 0 Å². The molecule has 96 valence electrons. The van der Waals surface area contributed by atoms with E-state index in [-0.39, 0.29) is 6.61 Å². The van der Waals surface area contributed by atoms with Crippen LogP contribution in [0.5, 0.6) is 0 Å². The molecule has 0 spiro atoms. The number of hydrogen-bond donors (Lipinski definition) is 2. The van der Waals surface area contributed by atoms with Gasteiger partial charge in [-0.15, -0.1) is 0 Å². The standard InChI is InChI=1S/C14H19N3O/c1-9-6-10(2)14(11(3)7-9)12-8-13(15)17(16-12)4-5-18/h6-8,18H,4-5,15H2,1-3H3. The minimum Gasteiger partial charge on any atom is -0.394 e. The molecule has 4 nitrogen and oxygen atoms in total. The van der Waals surface area contributed by atoms with E-state index in [1.165, 1.54) is 16.7 Å². The minimum absolute atomic E-state index is 0.0389. The Hall–Kier alpha value is -1.81. The van der Waals surface area contributed by atoms with Crippen LogP contribution in [0.2, 0.25) is 0 Å². The zero-order valence-electron chi connectivity index (χ0n) is 11.1. The Kier molecular flexibility index (Phi) is 3.39. The van der Waals surface area contributed by atoms with Crippen molar-refractivity contribution in [3.8, 4) is 11.3 Å². The van der Waals surface area contributed by atoms with Gasteiger partial charge < -0.3 is 10.8 Å². The number of anilines is 1. The number of aliphatic hydroxyl groups excluding tert-OH is 1. The van der Waals surface area contributed by atoms with Crippen LogP contribution in [0.3, 0.4) is 0 Å². The van der Waals surface area contributed by atoms with Crippen molar-refractivity contribution in [1.29, 1.82) is 0 Å². The van der Waals surface area contributed by atoms with Gasteiger partial charge in [-0.3, -0.25) is 0 Å². The molecule has 0 saturated heterocycles. The highest BCUT2D eigenvalue weighted by atomic mass is 16.3. The molecule has 1 aromatic carbocycles. The van der Waals surface area contributed by atoms with Crippen LogP contribution in [0.1, 0.15) is 16.7 Å². The zero-order valence-corrected chi connectivity index (χ0v) is 11.1. The molecule has 0 aliphatic heterocycles. The number of hydrogen-bond acceptors (Lipinski definition) is 3. The second kappa shape index (κ2) is 4.82. The fraction of sp³-hybridized carbons (Fsp3) is 0.357. The van der Waals surface area contributed by atoms with E-state index in [2.05, 4.69) is 38.0 Å². The lowest BCUT2D eigenvalue weighted by atomic mass is 9.97. The second-order valence-corrected chi connectivity index (χ2v) is 4.67. The number of nitrogens with zero attached hydrogens (tertiary/aromatic N) is 2. The Morgan fingerprint density at radius 1 is 1.17 bits per heavy atom. The van der Waals surface area contributed by atoms with E-state index >= 15 is 0 Å². The average Bonchev–Trinajstić information content (AvgIpc) is 2.59. The van der Waals surface area contributed by atoms with Gasteiger partial charge in [0.05, 0.1) is 18.8 Å². The number of nitrogen functional groups attached to an aromatic ring is 1. The first-order chi connectivity index (χ1) is 8.52. The average molecular weight is 245 g/mol. The molecule has 4 heteroatoms. The van der Waals surface area contributed by atoms with Crippen molar-refractivity contribution in [2.24, 2.45) is 0 Å². The highest BCUT2D eigenvalue weighted by Gasteiger charge is 2.12. The van der Waals surface area contributed by atoms with Crippen LogP contribution < -0.4 is 5.73 Å². The van der Waals surface area contributed by atoms with Crippen LogP contribution in [0, 0.1) is 20.8 Å². The van der Waals surface area contributed by atoms with Gasteiger partial charge in [-0.1, -0.05) is 17.7 Å². The van der Waals surface area contributed by atoms with E-state index in [4.69, 9.17) is 10.8 Å².